The number of amides is 1. The Balaban J connectivity index is 2.07. The van der Waals surface area contributed by atoms with Crippen LogP contribution in [0.3, 0.4) is 0 Å². The molecule has 7 heteroatoms. The van der Waals surface area contributed by atoms with Gasteiger partial charge in [0.25, 0.3) is 0 Å². The molecule has 23 heavy (non-hydrogen) atoms. The Morgan fingerprint density at radius 2 is 1.83 bits per heavy atom. The topological polar surface area (TPSA) is 75.7 Å². The van der Waals surface area contributed by atoms with Gasteiger partial charge in [-0.25, -0.2) is 8.42 Å². The van der Waals surface area contributed by atoms with Crippen LogP contribution in [0.1, 0.15) is 19.4 Å². The number of hydrogen-bond acceptors (Lipinski definition) is 4. The molecule has 2 rings (SSSR count). The number of rotatable bonds is 5. The van der Waals surface area contributed by atoms with Crippen LogP contribution in [-0.4, -0.2) is 51.0 Å². The van der Waals surface area contributed by atoms with Crippen molar-refractivity contribution >= 4 is 22.0 Å². The molecule has 0 unspecified atom stereocenters. The molecule has 6 nitrogen and oxygen atoms in total. The number of ether oxygens (including phenoxy) is 1. The molecule has 1 N–H and O–H groups in total. The zero-order chi connectivity index (χ0) is 16.9. The summed E-state index contributed by atoms with van der Waals surface area (Å²) in [5, 5.41) is 2.75. The molecule has 1 aromatic carbocycles. The van der Waals surface area contributed by atoms with Gasteiger partial charge in [0.15, 0.2) is 0 Å². The van der Waals surface area contributed by atoms with E-state index >= 15 is 0 Å². The second-order valence-electron chi connectivity index (χ2n) is 5.58. The molecule has 0 bridgehead atoms. The summed E-state index contributed by atoms with van der Waals surface area (Å²) < 4.78 is 31.6. The SMILES string of the molecule is CC(C)NC(=O)/C=C/c1ccc(S(=O)(=O)N2CCOCC2)cc1. The molecule has 126 valence electrons. The number of carbonyl (C=O) groups excluding carboxylic acids is 1. The first-order valence-corrected chi connectivity index (χ1v) is 9.00. The molecule has 1 saturated heterocycles. The molecule has 1 aliphatic rings. The van der Waals surface area contributed by atoms with E-state index in [0.29, 0.717) is 26.3 Å². The van der Waals surface area contributed by atoms with Gasteiger partial charge in [0.05, 0.1) is 18.1 Å². The fraction of sp³-hybridized carbons (Fsp3) is 0.438. The van der Waals surface area contributed by atoms with Crippen molar-refractivity contribution in [1.82, 2.24) is 9.62 Å². The average Bonchev–Trinajstić information content (AvgIpc) is 2.53. The van der Waals surface area contributed by atoms with E-state index in [4.69, 9.17) is 4.74 Å². The van der Waals surface area contributed by atoms with Gasteiger partial charge in [0.2, 0.25) is 15.9 Å². The van der Waals surface area contributed by atoms with Crippen LogP contribution in [0.4, 0.5) is 0 Å². The first-order chi connectivity index (χ1) is 10.9. The Morgan fingerprint density at radius 3 is 2.39 bits per heavy atom. The van der Waals surface area contributed by atoms with E-state index in [0.717, 1.165) is 5.56 Å². The highest BCUT2D eigenvalue weighted by atomic mass is 32.2. The maximum absolute atomic E-state index is 12.5. The minimum atomic E-state index is -3.48. The molecule has 0 aliphatic carbocycles. The molecule has 1 heterocycles. The van der Waals surface area contributed by atoms with Crippen molar-refractivity contribution in [3.8, 4) is 0 Å². The Labute approximate surface area is 137 Å². The zero-order valence-corrected chi connectivity index (χ0v) is 14.2. The molecule has 0 saturated carbocycles. The highest BCUT2D eigenvalue weighted by Gasteiger charge is 2.25. The Kier molecular flexibility index (Phi) is 5.92. The van der Waals surface area contributed by atoms with Crippen LogP contribution >= 0.6 is 0 Å². The van der Waals surface area contributed by atoms with Gasteiger partial charge in [0.1, 0.15) is 0 Å². The standard InChI is InChI=1S/C16H22N2O4S/c1-13(2)17-16(19)8-5-14-3-6-15(7-4-14)23(20,21)18-9-11-22-12-10-18/h3-8,13H,9-12H2,1-2H3,(H,17,19)/b8-5+. The third-order valence-electron chi connectivity index (χ3n) is 3.35. The van der Waals surface area contributed by atoms with Crippen LogP contribution in [0, 0.1) is 0 Å². The van der Waals surface area contributed by atoms with Gasteiger partial charge >= 0.3 is 0 Å². The van der Waals surface area contributed by atoms with Crippen LogP contribution in [-0.2, 0) is 19.6 Å². The van der Waals surface area contributed by atoms with E-state index in [-0.39, 0.29) is 16.8 Å². The summed E-state index contributed by atoms with van der Waals surface area (Å²) in [7, 11) is -3.48. The number of benzene rings is 1. The van der Waals surface area contributed by atoms with Gasteiger partial charge in [-0.1, -0.05) is 12.1 Å². The summed E-state index contributed by atoms with van der Waals surface area (Å²) in [6, 6.07) is 6.57. The van der Waals surface area contributed by atoms with E-state index in [1.54, 1.807) is 30.3 Å². The van der Waals surface area contributed by atoms with Crippen LogP contribution in [0.5, 0.6) is 0 Å². The molecular weight excluding hydrogens is 316 g/mol. The first-order valence-electron chi connectivity index (χ1n) is 7.56. The van der Waals surface area contributed by atoms with Crippen molar-refractivity contribution in [3.63, 3.8) is 0 Å². The monoisotopic (exact) mass is 338 g/mol. The van der Waals surface area contributed by atoms with E-state index in [1.807, 2.05) is 13.8 Å². The molecule has 0 atom stereocenters. The minimum Gasteiger partial charge on any atom is -0.379 e. The van der Waals surface area contributed by atoms with Crippen molar-refractivity contribution in [1.29, 1.82) is 0 Å². The maximum Gasteiger partial charge on any atom is 0.244 e. The Bertz CT molecular complexity index is 660. The number of sulfonamides is 1. The molecule has 0 spiro atoms. The summed E-state index contributed by atoms with van der Waals surface area (Å²) >= 11 is 0. The number of nitrogens with zero attached hydrogens (tertiary/aromatic N) is 1. The number of hydrogen-bond donors (Lipinski definition) is 1. The highest BCUT2D eigenvalue weighted by molar-refractivity contribution is 7.89. The Morgan fingerprint density at radius 1 is 1.22 bits per heavy atom. The molecule has 1 fully saturated rings. The lowest BCUT2D eigenvalue weighted by Crippen LogP contribution is -2.40. The van der Waals surface area contributed by atoms with E-state index in [9.17, 15) is 13.2 Å². The fourth-order valence-electron chi connectivity index (χ4n) is 2.19. The smallest absolute Gasteiger partial charge is 0.244 e. The largest absolute Gasteiger partial charge is 0.379 e. The maximum atomic E-state index is 12.5. The van der Waals surface area contributed by atoms with Gasteiger partial charge in [-0.3, -0.25) is 4.79 Å². The van der Waals surface area contributed by atoms with Crippen molar-refractivity contribution in [2.75, 3.05) is 26.3 Å². The summed E-state index contributed by atoms with van der Waals surface area (Å²) in [5.41, 5.74) is 0.768. The lowest BCUT2D eigenvalue weighted by molar-refractivity contribution is -0.116. The normalized spacial score (nSPS) is 16.8. The van der Waals surface area contributed by atoms with Gasteiger partial charge in [-0.2, -0.15) is 4.31 Å². The third kappa shape index (κ3) is 4.89. The molecule has 1 amide bonds. The van der Waals surface area contributed by atoms with Gasteiger partial charge < -0.3 is 10.1 Å². The van der Waals surface area contributed by atoms with Crippen molar-refractivity contribution in [2.45, 2.75) is 24.8 Å². The molecule has 1 aromatic rings. The number of carbonyl (C=O) groups is 1. The van der Waals surface area contributed by atoms with Gasteiger partial charge in [-0.05, 0) is 37.6 Å². The fourth-order valence-corrected chi connectivity index (χ4v) is 3.60. The lowest BCUT2D eigenvalue weighted by Gasteiger charge is -2.26. The van der Waals surface area contributed by atoms with Crippen molar-refractivity contribution in [2.24, 2.45) is 0 Å². The molecule has 0 radical (unpaired) electrons. The predicted octanol–water partition coefficient (Wildman–Crippen LogP) is 1.25. The average molecular weight is 338 g/mol. The molecule has 1 aliphatic heterocycles. The van der Waals surface area contributed by atoms with E-state index in [1.165, 1.54) is 10.4 Å². The number of morpholine rings is 1. The summed E-state index contributed by atoms with van der Waals surface area (Å²) in [6.45, 7) is 5.36. The van der Waals surface area contributed by atoms with E-state index in [2.05, 4.69) is 5.32 Å². The van der Waals surface area contributed by atoms with Crippen LogP contribution in [0.15, 0.2) is 35.2 Å². The van der Waals surface area contributed by atoms with Crippen LogP contribution < -0.4 is 5.32 Å². The lowest BCUT2D eigenvalue weighted by atomic mass is 10.2. The van der Waals surface area contributed by atoms with Crippen LogP contribution in [0.2, 0.25) is 0 Å². The summed E-state index contributed by atoms with van der Waals surface area (Å²) in [4.78, 5) is 11.8. The minimum absolute atomic E-state index is 0.0770. The second kappa shape index (κ2) is 7.72. The summed E-state index contributed by atoms with van der Waals surface area (Å²) in [6.07, 6.45) is 3.09. The van der Waals surface area contributed by atoms with Gasteiger partial charge in [-0.15, -0.1) is 0 Å². The predicted molar refractivity (Wildman–Crippen MR) is 88.3 cm³/mol. The molecule has 0 aromatic heterocycles. The first kappa shape index (κ1) is 17.7. The van der Waals surface area contributed by atoms with Gasteiger partial charge in [0, 0.05) is 25.2 Å². The second-order valence-corrected chi connectivity index (χ2v) is 7.52. The quantitative estimate of drug-likeness (QED) is 0.820. The summed E-state index contributed by atoms with van der Waals surface area (Å²) in [5.74, 6) is -0.176. The zero-order valence-electron chi connectivity index (χ0n) is 13.4. The van der Waals surface area contributed by atoms with Crippen LogP contribution in [0.25, 0.3) is 6.08 Å². The highest BCUT2D eigenvalue weighted by Crippen LogP contribution is 2.18. The number of nitrogens with one attached hydrogen (secondary N) is 1. The van der Waals surface area contributed by atoms with Crippen molar-refractivity contribution in [3.05, 3.63) is 35.9 Å². The third-order valence-corrected chi connectivity index (χ3v) is 5.26. The van der Waals surface area contributed by atoms with Crippen molar-refractivity contribution < 1.29 is 17.9 Å². The van der Waals surface area contributed by atoms with E-state index < -0.39 is 10.0 Å². The Hall–Kier alpha value is -1.70. The molecular formula is C16H22N2O4S.